The van der Waals surface area contributed by atoms with Crippen molar-refractivity contribution in [2.75, 3.05) is 46.4 Å². The number of nitrogens with two attached hydrogens (primary N) is 1. The van der Waals surface area contributed by atoms with Gasteiger partial charge in [-0.2, -0.15) is 0 Å². The maximum absolute atomic E-state index is 13.0. The van der Waals surface area contributed by atoms with E-state index in [2.05, 4.69) is 9.80 Å². The van der Waals surface area contributed by atoms with Gasteiger partial charge in [0.1, 0.15) is 0 Å². The van der Waals surface area contributed by atoms with Gasteiger partial charge >= 0.3 is 0 Å². The number of carbonyl (C=O) groups excluding carboxylic acids is 1. The van der Waals surface area contributed by atoms with Crippen LogP contribution in [0, 0.1) is 17.8 Å². The summed E-state index contributed by atoms with van der Waals surface area (Å²) in [6, 6.07) is 0.349. The average Bonchev–Trinajstić information content (AvgIpc) is 2.77. The van der Waals surface area contributed by atoms with Gasteiger partial charge in [0, 0.05) is 45.2 Å². The summed E-state index contributed by atoms with van der Waals surface area (Å²) >= 11 is 0. The maximum Gasteiger partial charge on any atom is 0.225 e. The molecule has 1 aliphatic heterocycles. The van der Waals surface area contributed by atoms with Crippen LogP contribution in [0.4, 0.5) is 0 Å². The first-order valence-corrected chi connectivity index (χ1v) is 9.44. The van der Waals surface area contributed by atoms with Crippen molar-refractivity contribution < 1.29 is 9.53 Å². The van der Waals surface area contributed by atoms with Crippen molar-refractivity contribution in [1.82, 2.24) is 9.80 Å². The number of methoxy groups -OCH3 is 1. The molecule has 0 spiro atoms. The fourth-order valence-electron chi connectivity index (χ4n) is 4.88. The van der Waals surface area contributed by atoms with E-state index in [1.807, 2.05) is 0 Å². The van der Waals surface area contributed by atoms with E-state index in [0.717, 1.165) is 58.6 Å². The van der Waals surface area contributed by atoms with Crippen LogP contribution in [0.15, 0.2) is 0 Å². The Labute approximate surface area is 140 Å². The molecule has 3 fully saturated rings. The quantitative estimate of drug-likeness (QED) is 0.848. The summed E-state index contributed by atoms with van der Waals surface area (Å²) in [5, 5.41) is 0. The standard InChI is InChI=1S/C18H33N3O2/c1-23-11-10-20-6-3-7-21(9-8-20)18(22)16-12-14-4-2-5-15(13-16)17(14)19/h14-17H,2-13,19H2,1H3. The van der Waals surface area contributed by atoms with E-state index >= 15 is 0 Å². The third-order valence-electron chi connectivity index (χ3n) is 6.27. The molecule has 5 nitrogen and oxygen atoms in total. The van der Waals surface area contributed by atoms with Gasteiger partial charge in [-0.25, -0.2) is 0 Å². The summed E-state index contributed by atoms with van der Waals surface area (Å²) in [5.41, 5.74) is 6.37. The molecule has 2 unspecified atom stereocenters. The Morgan fingerprint density at radius 1 is 1.09 bits per heavy atom. The van der Waals surface area contributed by atoms with Crippen LogP contribution in [0.3, 0.4) is 0 Å². The van der Waals surface area contributed by atoms with Gasteiger partial charge in [0.05, 0.1) is 6.61 Å². The summed E-state index contributed by atoms with van der Waals surface area (Å²) in [6.45, 7) is 5.60. The van der Waals surface area contributed by atoms with E-state index in [1.165, 1.54) is 19.3 Å². The van der Waals surface area contributed by atoms with Crippen molar-refractivity contribution in [3.63, 3.8) is 0 Å². The summed E-state index contributed by atoms with van der Waals surface area (Å²) < 4.78 is 5.17. The first kappa shape index (κ1) is 17.2. The molecule has 132 valence electrons. The number of hydrogen-bond donors (Lipinski definition) is 1. The van der Waals surface area contributed by atoms with Crippen molar-refractivity contribution >= 4 is 5.91 Å². The van der Waals surface area contributed by atoms with Crippen LogP contribution in [-0.4, -0.2) is 68.2 Å². The van der Waals surface area contributed by atoms with Gasteiger partial charge < -0.3 is 15.4 Å². The zero-order chi connectivity index (χ0) is 16.2. The van der Waals surface area contributed by atoms with Crippen molar-refractivity contribution in [3.8, 4) is 0 Å². The maximum atomic E-state index is 13.0. The van der Waals surface area contributed by atoms with E-state index in [4.69, 9.17) is 10.5 Å². The lowest BCUT2D eigenvalue weighted by Gasteiger charge is -2.44. The van der Waals surface area contributed by atoms with Crippen LogP contribution < -0.4 is 5.73 Å². The molecule has 1 saturated heterocycles. The SMILES string of the molecule is COCCN1CCCN(C(=O)C2CC3CCCC(C2)C3N)CC1. The molecule has 1 heterocycles. The summed E-state index contributed by atoms with van der Waals surface area (Å²) in [7, 11) is 1.75. The lowest BCUT2D eigenvalue weighted by atomic mass is 9.65. The Morgan fingerprint density at radius 3 is 2.52 bits per heavy atom. The molecule has 1 amide bonds. The minimum atomic E-state index is 0.232. The highest BCUT2D eigenvalue weighted by atomic mass is 16.5. The van der Waals surface area contributed by atoms with Crippen molar-refractivity contribution in [3.05, 3.63) is 0 Å². The molecule has 0 aromatic rings. The molecule has 3 rings (SSSR count). The van der Waals surface area contributed by atoms with Crippen molar-refractivity contribution in [2.24, 2.45) is 23.5 Å². The summed E-state index contributed by atoms with van der Waals surface area (Å²) in [5.74, 6) is 1.81. The molecule has 3 aliphatic rings. The lowest BCUT2D eigenvalue weighted by molar-refractivity contribution is -0.138. The van der Waals surface area contributed by atoms with Crippen LogP contribution in [0.2, 0.25) is 0 Å². The van der Waals surface area contributed by atoms with Crippen LogP contribution in [0.1, 0.15) is 38.5 Å². The third-order valence-corrected chi connectivity index (χ3v) is 6.27. The molecular formula is C18H33N3O2. The van der Waals surface area contributed by atoms with Gasteiger partial charge in [-0.1, -0.05) is 6.42 Å². The zero-order valence-electron chi connectivity index (χ0n) is 14.6. The van der Waals surface area contributed by atoms with E-state index < -0.39 is 0 Å². The summed E-state index contributed by atoms with van der Waals surface area (Å²) in [4.78, 5) is 17.6. The van der Waals surface area contributed by atoms with Gasteiger partial charge in [-0.05, 0) is 50.5 Å². The molecular weight excluding hydrogens is 290 g/mol. The first-order valence-electron chi connectivity index (χ1n) is 9.44. The molecule has 2 aliphatic carbocycles. The minimum absolute atomic E-state index is 0.232. The first-order chi connectivity index (χ1) is 11.2. The predicted octanol–water partition coefficient (Wildman–Crippen LogP) is 1.32. The molecule has 0 aromatic carbocycles. The second-order valence-corrected chi connectivity index (χ2v) is 7.71. The molecule has 0 aromatic heterocycles. The minimum Gasteiger partial charge on any atom is -0.383 e. The molecule has 23 heavy (non-hydrogen) atoms. The van der Waals surface area contributed by atoms with E-state index in [9.17, 15) is 4.79 Å². The van der Waals surface area contributed by atoms with Gasteiger partial charge in [0.25, 0.3) is 0 Å². The molecule has 5 heteroatoms. The van der Waals surface area contributed by atoms with E-state index in [-0.39, 0.29) is 5.92 Å². The highest BCUT2D eigenvalue weighted by molar-refractivity contribution is 5.79. The monoisotopic (exact) mass is 323 g/mol. The number of amides is 1. The summed E-state index contributed by atoms with van der Waals surface area (Å²) in [6.07, 6.45) is 6.90. The average molecular weight is 323 g/mol. The molecule has 2 N–H and O–H groups in total. The van der Waals surface area contributed by atoms with Gasteiger partial charge in [0.15, 0.2) is 0 Å². The van der Waals surface area contributed by atoms with Crippen LogP contribution in [0.5, 0.6) is 0 Å². The molecule has 0 radical (unpaired) electrons. The van der Waals surface area contributed by atoms with Gasteiger partial charge in [-0.3, -0.25) is 9.69 Å². The largest absolute Gasteiger partial charge is 0.383 e. The number of rotatable bonds is 4. The van der Waals surface area contributed by atoms with Gasteiger partial charge in [-0.15, -0.1) is 0 Å². The lowest BCUT2D eigenvalue weighted by Crippen LogP contribution is -2.50. The highest BCUT2D eigenvalue weighted by Crippen LogP contribution is 2.42. The zero-order valence-corrected chi connectivity index (χ0v) is 14.6. The second kappa shape index (κ2) is 7.95. The Bertz CT molecular complexity index is 390. The molecule has 2 saturated carbocycles. The smallest absolute Gasteiger partial charge is 0.225 e. The predicted molar refractivity (Wildman–Crippen MR) is 91.0 cm³/mol. The van der Waals surface area contributed by atoms with Crippen molar-refractivity contribution in [2.45, 2.75) is 44.6 Å². The normalized spacial score (nSPS) is 35.8. The topological polar surface area (TPSA) is 58.8 Å². The van der Waals surface area contributed by atoms with Crippen LogP contribution >= 0.6 is 0 Å². The van der Waals surface area contributed by atoms with Crippen molar-refractivity contribution in [1.29, 1.82) is 0 Å². The fraction of sp³-hybridized carbons (Fsp3) is 0.944. The number of nitrogens with zero attached hydrogens (tertiary/aromatic N) is 2. The fourth-order valence-corrected chi connectivity index (χ4v) is 4.88. The number of hydrogen-bond acceptors (Lipinski definition) is 4. The molecule has 2 bridgehead atoms. The Hall–Kier alpha value is -0.650. The Morgan fingerprint density at radius 2 is 1.83 bits per heavy atom. The highest BCUT2D eigenvalue weighted by Gasteiger charge is 2.41. The van der Waals surface area contributed by atoms with E-state index in [0.29, 0.717) is 23.8 Å². The number of fused-ring (bicyclic) bond motifs is 2. The number of ether oxygens (including phenoxy) is 1. The van der Waals surface area contributed by atoms with Crippen LogP contribution in [0.25, 0.3) is 0 Å². The van der Waals surface area contributed by atoms with Gasteiger partial charge in [0.2, 0.25) is 5.91 Å². The second-order valence-electron chi connectivity index (χ2n) is 7.71. The molecule has 2 atom stereocenters. The Balaban J connectivity index is 1.54. The third kappa shape index (κ3) is 4.06. The van der Waals surface area contributed by atoms with Crippen LogP contribution in [-0.2, 0) is 9.53 Å². The Kier molecular flexibility index (Phi) is 5.94. The number of carbonyl (C=O) groups is 1. The van der Waals surface area contributed by atoms with E-state index in [1.54, 1.807) is 7.11 Å².